The lowest BCUT2D eigenvalue weighted by atomic mass is 9.92. The predicted octanol–water partition coefficient (Wildman–Crippen LogP) is 4.20. The molecule has 0 aromatic heterocycles. The first-order chi connectivity index (χ1) is 14.8. The maximum atomic E-state index is 13.1. The summed E-state index contributed by atoms with van der Waals surface area (Å²) in [5.41, 5.74) is 2.12. The van der Waals surface area contributed by atoms with E-state index in [0.717, 1.165) is 0 Å². The number of urea groups is 1. The number of methoxy groups -OCH3 is 1. The molecule has 0 bridgehead atoms. The number of nitrogens with one attached hydrogen (secondary N) is 2. The zero-order valence-corrected chi connectivity index (χ0v) is 18.4. The van der Waals surface area contributed by atoms with E-state index in [2.05, 4.69) is 10.6 Å². The summed E-state index contributed by atoms with van der Waals surface area (Å²) in [4.78, 5) is 25.6. The number of carbonyl (C=O) groups is 2. The van der Waals surface area contributed by atoms with Crippen LogP contribution in [0.15, 0.2) is 54.1 Å². The van der Waals surface area contributed by atoms with Crippen molar-refractivity contribution in [3.63, 3.8) is 0 Å². The van der Waals surface area contributed by atoms with Crippen molar-refractivity contribution in [2.45, 2.75) is 45.9 Å². The number of benzene rings is 2. The summed E-state index contributed by atoms with van der Waals surface area (Å²) in [6, 6.07) is 13.4. The van der Waals surface area contributed by atoms with Crippen LogP contribution >= 0.6 is 0 Å². The Kier molecular flexibility index (Phi) is 6.84. The van der Waals surface area contributed by atoms with Crippen LogP contribution in [0.2, 0.25) is 0 Å². The molecule has 2 amide bonds. The topological polar surface area (TPSA) is 85.9 Å². The van der Waals surface area contributed by atoms with E-state index in [0.29, 0.717) is 33.9 Å². The summed E-state index contributed by atoms with van der Waals surface area (Å²) < 4.78 is 16.8. The Morgan fingerprint density at radius 3 is 2.29 bits per heavy atom. The van der Waals surface area contributed by atoms with Crippen LogP contribution in [0.3, 0.4) is 0 Å². The Labute approximate surface area is 182 Å². The van der Waals surface area contributed by atoms with E-state index in [9.17, 15) is 9.59 Å². The summed E-state index contributed by atoms with van der Waals surface area (Å²) >= 11 is 0. The van der Waals surface area contributed by atoms with Crippen LogP contribution in [0, 0.1) is 0 Å². The molecule has 3 rings (SSSR count). The highest BCUT2D eigenvalue weighted by atomic mass is 16.5. The highest BCUT2D eigenvalue weighted by Crippen LogP contribution is 2.36. The lowest BCUT2D eigenvalue weighted by molar-refractivity contribution is -0.143. The molecule has 0 saturated heterocycles. The number of ether oxygens (including phenoxy) is 3. The monoisotopic (exact) mass is 424 g/mol. The summed E-state index contributed by atoms with van der Waals surface area (Å²) in [6.45, 7) is 7.42. The SMILES string of the molecule is COc1cc(C2NC(=O)NC(c3ccccc3)=C2C(=O)OC(C)C)ccc1OC(C)C. The average molecular weight is 424 g/mol. The standard InChI is InChI=1S/C24H28N2O5/c1-14(2)30-18-12-11-17(13-19(18)29-5)22-20(23(27)31-15(3)4)21(25-24(28)26-22)16-9-7-6-8-10-16/h6-15,22H,1-5H3,(H2,25,26,28). The maximum Gasteiger partial charge on any atom is 0.338 e. The molecule has 164 valence electrons. The average Bonchev–Trinajstić information content (AvgIpc) is 2.73. The minimum atomic E-state index is -0.725. The molecular weight excluding hydrogens is 396 g/mol. The molecule has 2 aromatic carbocycles. The first-order valence-corrected chi connectivity index (χ1v) is 10.2. The highest BCUT2D eigenvalue weighted by molar-refractivity contribution is 6.04. The van der Waals surface area contributed by atoms with E-state index in [1.165, 1.54) is 0 Å². The van der Waals surface area contributed by atoms with Crippen LogP contribution in [0.25, 0.3) is 5.70 Å². The third-order valence-electron chi connectivity index (χ3n) is 4.58. The Morgan fingerprint density at radius 1 is 0.968 bits per heavy atom. The van der Waals surface area contributed by atoms with Crippen LogP contribution < -0.4 is 20.1 Å². The molecule has 1 unspecified atom stereocenters. The van der Waals surface area contributed by atoms with Crippen molar-refractivity contribution in [1.82, 2.24) is 10.6 Å². The van der Waals surface area contributed by atoms with Crippen molar-refractivity contribution < 1.29 is 23.8 Å². The largest absolute Gasteiger partial charge is 0.493 e. The molecular formula is C24H28N2O5. The quantitative estimate of drug-likeness (QED) is 0.651. The van der Waals surface area contributed by atoms with E-state index < -0.39 is 18.0 Å². The van der Waals surface area contributed by atoms with Gasteiger partial charge in [0.05, 0.1) is 36.6 Å². The van der Waals surface area contributed by atoms with Gasteiger partial charge in [-0.25, -0.2) is 9.59 Å². The van der Waals surface area contributed by atoms with Gasteiger partial charge >= 0.3 is 12.0 Å². The maximum absolute atomic E-state index is 13.1. The van der Waals surface area contributed by atoms with E-state index in [1.807, 2.05) is 50.2 Å². The van der Waals surface area contributed by atoms with Crippen molar-refractivity contribution in [2.75, 3.05) is 7.11 Å². The fraction of sp³-hybridized carbons (Fsp3) is 0.333. The van der Waals surface area contributed by atoms with Crippen LogP contribution in [0.5, 0.6) is 11.5 Å². The molecule has 7 heteroatoms. The van der Waals surface area contributed by atoms with Gasteiger partial charge in [0, 0.05) is 0 Å². The first-order valence-electron chi connectivity index (χ1n) is 10.2. The van der Waals surface area contributed by atoms with E-state index in [4.69, 9.17) is 14.2 Å². The Balaban J connectivity index is 2.14. The van der Waals surface area contributed by atoms with E-state index in [-0.39, 0.29) is 12.2 Å². The number of rotatable bonds is 7. The number of esters is 1. The molecule has 0 radical (unpaired) electrons. The third-order valence-corrected chi connectivity index (χ3v) is 4.58. The van der Waals surface area contributed by atoms with Crippen molar-refractivity contribution in [3.8, 4) is 11.5 Å². The van der Waals surface area contributed by atoms with Gasteiger partial charge in [-0.2, -0.15) is 0 Å². The molecule has 2 N–H and O–H groups in total. The number of amides is 2. The fourth-order valence-corrected chi connectivity index (χ4v) is 3.36. The number of carbonyl (C=O) groups excluding carboxylic acids is 2. The lowest BCUT2D eigenvalue weighted by Crippen LogP contribution is -2.45. The minimum absolute atomic E-state index is 0.0282. The normalized spacial score (nSPS) is 16.1. The summed E-state index contributed by atoms with van der Waals surface area (Å²) in [5.74, 6) is 0.588. The second kappa shape index (κ2) is 9.55. The van der Waals surface area contributed by atoms with Crippen LogP contribution in [0.4, 0.5) is 4.79 Å². The van der Waals surface area contributed by atoms with Crippen molar-refractivity contribution >= 4 is 17.7 Å². The number of hydrogen-bond donors (Lipinski definition) is 2. The molecule has 0 fully saturated rings. The van der Waals surface area contributed by atoms with Gasteiger partial charge in [-0.1, -0.05) is 36.4 Å². The molecule has 1 atom stereocenters. The zero-order valence-electron chi connectivity index (χ0n) is 18.4. The second-order valence-corrected chi connectivity index (χ2v) is 7.72. The lowest BCUT2D eigenvalue weighted by Gasteiger charge is -2.30. The van der Waals surface area contributed by atoms with Gasteiger partial charge in [-0.15, -0.1) is 0 Å². The van der Waals surface area contributed by atoms with Gasteiger partial charge in [-0.3, -0.25) is 0 Å². The number of hydrogen-bond acceptors (Lipinski definition) is 5. The Hall–Kier alpha value is -3.48. The van der Waals surface area contributed by atoms with Gasteiger partial charge < -0.3 is 24.8 Å². The molecule has 0 aliphatic carbocycles. The Bertz CT molecular complexity index is 983. The van der Waals surface area contributed by atoms with Crippen LogP contribution in [-0.2, 0) is 9.53 Å². The summed E-state index contributed by atoms with van der Waals surface area (Å²) in [7, 11) is 1.55. The first kappa shape index (κ1) is 22.2. The third kappa shape index (κ3) is 5.17. The van der Waals surface area contributed by atoms with Gasteiger partial charge in [0.1, 0.15) is 0 Å². The molecule has 0 spiro atoms. The van der Waals surface area contributed by atoms with Crippen molar-refractivity contribution in [3.05, 3.63) is 65.2 Å². The van der Waals surface area contributed by atoms with Gasteiger partial charge in [0.25, 0.3) is 0 Å². The molecule has 7 nitrogen and oxygen atoms in total. The minimum Gasteiger partial charge on any atom is -0.493 e. The van der Waals surface area contributed by atoms with Gasteiger partial charge in [-0.05, 0) is 51.0 Å². The summed E-state index contributed by atoms with van der Waals surface area (Å²) in [5, 5.41) is 5.62. The van der Waals surface area contributed by atoms with Gasteiger partial charge in [0.2, 0.25) is 0 Å². The zero-order chi connectivity index (χ0) is 22.5. The predicted molar refractivity (Wildman–Crippen MR) is 118 cm³/mol. The van der Waals surface area contributed by atoms with Gasteiger partial charge in [0.15, 0.2) is 11.5 Å². The van der Waals surface area contributed by atoms with Crippen molar-refractivity contribution in [2.24, 2.45) is 0 Å². The summed E-state index contributed by atoms with van der Waals surface area (Å²) in [6.07, 6.45) is -0.342. The fourth-order valence-electron chi connectivity index (χ4n) is 3.36. The molecule has 1 heterocycles. The van der Waals surface area contributed by atoms with Crippen LogP contribution in [-0.4, -0.2) is 31.3 Å². The van der Waals surface area contributed by atoms with Crippen molar-refractivity contribution in [1.29, 1.82) is 0 Å². The molecule has 1 aliphatic heterocycles. The molecule has 0 saturated carbocycles. The van der Waals surface area contributed by atoms with E-state index >= 15 is 0 Å². The van der Waals surface area contributed by atoms with E-state index in [1.54, 1.807) is 33.1 Å². The highest BCUT2D eigenvalue weighted by Gasteiger charge is 2.35. The molecule has 2 aromatic rings. The molecule has 31 heavy (non-hydrogen) atoms. The molecule has 1 aliphatic rings. The Morgan fingerprint density at radius 2 is 1.68 bits per heavy atom. The smallest absolute Gasteiger partial charge is 0.338 e. The second-order valence-electron chi connectivity index (χ2n) is 7.72. The van der Waals surface area contributed by atoms with Crippen LogP contribution in [0.1, 0.15) is 44.9 Å².